The number of anilines is 2. The molecule has 0 radical (unpaired) electrons. The van der Waals surface area contributed by atoms with Gasteiger partial charge in [0.15, 0.2) is 6.29 Å². The molecule has 0 saturated carbocycles. The largest absolute Gasteiger partial charge is 0.494 e. The summed E-state index contributed by atoms with van der Waals surface area (Å²) in [6.07, 6.45) is -1.61. The first-order valence-electron chi connectivity index (χ1n) is 10.2. The highest BCUT2D eigenvalue weighted by atomic mass is 16.6. The monoisotopic (exact) mass is 454 g/mol. The van der Waals surface area contributed by atoms with Crippen LogP contribution < -0.4 is 31.3 Å². The zero-order valence-electron chi connectivity index (χ0n) is 17.5. The second kappa shape index (κ2) is 9.12. The zero-order valence-corrected chi connectivity index (χ0v) is 17.5. The number of carbonyl (C=O) groups excluding carboxylic acids is 3. The van der Waals surface area contributed by atoms with Gasteiger partial charge < -0.3 is 26.0 Å². The van der Waals surface area contributed by atoms with Gasteiger partial charge in [0.1, 0.15) is 5.75 Å². The van der Waals surface area contributed by atoms with E-state index in [2.05, 4.69) is 26.6 Å². The van der Waals surface area contributed by atoms with Crippen LogP contribution in [0.4, 0.5) is 17.1 Å². The number of non-ortho nitro benzene ring substituents is 1. The summed E-state index contributed by atoms with van der Waals surface area (Å²) in [5.74, 6) is -3.09. The van der Waals surface area contributed by atoms with Crippen LogP contribution >= 0.6 is 0 Å². The van der Waals surface area contributed by atoms with Crippen LogP contribution in [0.15, 0.2) is 48.5 Å². The third-order valence-corrected chi connectivity index (χ3v) is 5.53. The Balaban J connectivity index is 1.50. The van der Waals surface area contributed by atoms with Gasteiger partial charge in [0.05, 0.1) is 41.8 Å². The smallest absolute Gasteiger partial charge is 0.273 e. The molecule has 0 aromatic heterocycles. The molecule has 12 heteroatoms. The second-order valence-electron chi connectivity index (χ2n) is 7.63. The number of fused-ring (bicyclic) bond motifs is 1. The van der Waals surface area contributed by atoms with Crippen molar-refractivity contribution in [2.24, 2.45) is 11.8 Å². The number of amides is 3. The van der Waals surface area contributed by atoms with Crippen molar-refractivity contribution in [3.8, 4) is 5.75 Å². The Morgan fingerprint density at radius 1 is 1.15 bits per heavy atom. The van der Waals surface area contributed by atoms with Crippen LogP contribution in [-0.4, -0.2) is 42.2 Å². The van der Waals surface area contributed by atoms with Crippen molar-refractivity contribution in [3.05, 3.63) is 58.6 Å². The first-order valence-corrected chi connectivity index (χ1v) is 10.2. The number of nitrogens with zero attached hydrogens (tertiary/aromatic N) is 1. The van der Waals surface area contributed by atoms with Crippen molar-refractivity contribution in [1.29, 1.82) is 0 Å². The number of para-hydroxylation sites is 1. The van der Waals surface area contributed by atoms with Crippen molar-refractivity contribution in [1.82, 2.24) is 16.0 Å². The van der Waals surface area contributed by atoms with Crippen LogP contribution in [0.5, 0.6) is 5.75 Å². The maximum absolute atomic E-state index is 13.1. The number of hydrogen-bond acceptors (Lipinski definition) is 8. The molecule has 2 aromatic rings. The van der Waals surface area contributed by atoms with Gasteiger partial charge in [-0.1, -0.05) is 18.2 Å². The number of carbonyl (C=O) groups is 3. The fourth-order valence-electron chi connectivity index (χ4n) is 3.98. The number of piperidine rings is 1. The van der Waals surface area contributed by atoms with E-state index >= 15 is 0 Å². The number of nitro benzene ring substituents is 1. The number of rotatable bonds is 6. The van der Waals surface area contributed by atoms with E-state index in [1.165, 1.54) is 25.3 Å². The Morgan fingerprint density at radius 3 is 2.61 bits per heavy atom. The van der Waals surface area contributed by atoms with Gasteiger partial charge in [0.25, 0.3) is 5.69 Å². The molecule has 2 heterocycles. The highest BCUT2D eigenvalue weighted by Crippen LogP contribution is 2.32. The average Bonchev–Trinajstić information content (AvgIpc) is 2.79. The van der Waals surface area contributed by atoms with E-state index in [-0.39, 0.29) is 29.5 Å². The van der Waals surface area contributed by atoms with E-state index < -0.39 is 41.0 Å². The summed E-state index contributed by atoms with van der Waals surface area (Å²) >= 11 is 0. The lowest BCUT2D eigenvalue weighted by molar-refractivity contribution is -0.384. The minimum absolute atomic E-state index is 0.0905. The van der Waals surface area contributed by atoms with Crippen molar-refractivity contribution < 1.29 is 24.0 Å². The molecule has 2 aromatic carbocycles. The fraction of sp³-hybridized carbons (Fsp3) is 0.286. The summed E-state index contributed by atoms with van der Waals surface area (Å²) in [7, 11) is 1.32. The summed E-state index contributed by atoms with van der Waals surface area (Å²) in [4.78, 5) is 48.7. The SMILES string of the molecule is COc1cc([N+](=O)[O-])ccc1NC(=O)C1CC(=O)NC2NC(Nc3ccccc3)NC(=O)C21. The number of ether oxygens (including phenoxy) is 1. The van der Waals surface area contributed by atoms with Gasteiger partial charge in [-0.2, -0.15) is 0 Å². The predicted octanol–water partition coefficient (Wildman–Crippen LogP) is 0.735. The fourth-order valence-corrected chi connectivity index (χ4v) is 3.98. The number of methoxy groups -OCH3 is 1. The molecule has 0 aliphatic carbocycles. The summed E-state index contributed by atoms with van der Waals surface area (Å²) in [6, 6.07) is 12.9. The molecule has 33 heavy (non-hydrogen) atoms. The van der Waals surface area contributed by atoms with Gasteiger partial charge in [-0.05, 0) is 18.2 Å². The van der Waals surface area contributed by atoms with Crippen LogP contribution in [0.3, 0.4) is 0 Å². The third-order valence-electron chi connectivity index (χ3n) is 5.53. The summed E-state index contributed by atoms with van der Waals surface area (Å²) < 4.78 is 5.15. The molecule has 5 N–H and O–H groups in total. The molecule has 0 bridgehead atoms. The quantitative estimate of drug-likeness (QED) is 0.315. The Morgan fingerprint density at radius 2 is 1.91 bits per heavy atom. The van der Waals surface area contributed by atoms with Gasteiger partial charge in [-0.15, -0.1) is 0 Å². The molecule has 4 rings (SSSR count). The lowest BCUT2D eigenvalue weighted by Crippen LogP contribution is -2.72. The minimum Gasteiger partial charge on any atom is -0.494 e. The maximum atomic E-state index is 13.1. The third kappa shape index (κ3) is 4.70. The molecule has 2 fully saturated rings. The topological polar surface area (TPSA) is 164 Å². The molecule has 3 amide bonds. The standard InChI is InChI=1S/C21H22N6O6/c1-33-15-9-12(27(31)32)7-8-14(15)23-19(29)13-10-16(28)24-18-17(13)20(30)26-21(25-18)22-11-5-3-2-4-6-11/h2-9,13,17-18,21-22,25H,10H2,1H3,(H,23,29)(H,24,28)(H,26,30). The summed E-state index contributed by atoms with van der Waals surface area (Å²) in [5.41, 5.74) is 0.758. The zero-order chi connectivity index (χ0) is 23.5. The molecule has 4 atom stereocenters. The van der Waals surface area contributed by atoms with E-state index in [0.717, 1.165) is 5.69 Å². The lowest BCUT2D eigenvalue weighted by atomic mass is 9.81. The van der Waals surface area contributed by atoms with Crippen molar-refractivity contribution in [3.63, 3.8) is 0 Å². The van der Waals surface area contributed by atoms with E-state index in [9.17, 15) is 24.5 Å². The van der Waals surface area contributed by atoms with Gasteiger partial charge in [-0.3, -0.25) is 29.8 Å². The first kappa shape index (κ1) is 22.0. The minimum atomic E-state index is -0.964. The maximum Gasteiger partial charge on any atom is 0.273 e. The summed E-state index contributed by atoms with van der Waals surface area (Å²) in [6.45, 7) is 0. The normalized spacial score (nSPS) is 24.0. The highest BCUT2D eigenvalue weighted by Gasteiger charge is 2.48. The molecule has 4 unspecified atom stereocenters. The van der Waals surface area contributed by atoms with Gasteiger partial charge in [0.2, 0.25) is 17.7 Å². The Kier molecular flexibility index (Phi) is 6.09. The van der Waals surface area contributed by atoms with Crippen molar-refractivity contribution in [2.75, 3.05) is 17.7 Å². The number of nitro groups is 1. The van der Waals surface area contributed by atoms with Crippen LogP contribution in [0.25, 0.3) is 0 Å². The molecule has 2 aliphatic heterocycles. The van der Waals surface area contributed by atoms with Crippen molar-refractivity contribution in [2.45, 2.75) is 18.9 Å². The highest BCUT2D eigenvalue weighted by molar-refractivity contribution is 6.01. The molecule has 2 aliphatic rings. The number of benzene rings is 2. The molecule has 12 nitrogen and oxygen atoms in total. The first-order chi connectivity index (χ1) is 15.9. The van der Waals surface area contributed by atoms with E-state index in [1.807, 2.05) is 30.3 Å². The number of hydrogen-bond donors (Lipinski definition) is 5. The van der Waals surface area contributed by atoms with Crippen LogP contribution in [0, 0.1) is 22.0 Å². The Bertz CT molecular complexity index is 1090. The Labute approximate surface area is 188 Å². The van der Waals surface area contributed by atoms with Gasteiger partial charge >= 0.3 is 0 Å². The van der Waals surface area contributed by atoms with E-state index in [0.29, 0.717) is 0 Å². The van der Waals surface area contributed by atoms with Crippen LogP contribution in [-0.2, 0) is 14.4 Å². The predicted molar refractivity (Wildman–Crippen MR) is 117 cm³/mol. The number of nitrogens with one attached hydrogen (secondary N) is 5. The van der Waals surface area contributed by atoms with Gasteiger partial charge in [-0.25, -0.2) is 0 Å². The van der Waals surface area contributed by atoms with E-state index in [1.54, 1.807) is 0 Å². The lowest BCUT2D eigenvalue weighted by Gasteiger charge is -2.43. The average molecular weight is 454 g/mol. The van der Waals surface area contributed by atoms with E-state index in [4.69, 9.17) is 4.74 Å². The van der Waals surface area contributed by atoms with Crippen molar-refractivity contribution >= 4 is 34.8 Å². The van der Waals surface area contributed by atoms with Crippen LogP contribution in [0.1, 0.15) is 6.42 Å². The van der Waals surface area contributed by atoms with Gasteiger partial charge in [0, 0.05) is 18.2 Å². The molecular weight excluding hydrogens is 432 g/mol. The molecule has 172 valence electrons. The molecular formula is C21H22N6O6. The van der Waals surface area contributed by atoms with Crippen LogP contribution in [0.2, 0.25) is 0 Å². The Hall–Kier alpha value is -4.19. The molecule has 0 spiro atoms. The molecule has 2 saturated heterocycles. The summed E-state index contributed by atoms with van der Waals surface area (Å²) in [5, 5.41) is 25.3. The second-order valence-corrected chi connectivity index (χ2v) is 7.63.